The maximum atomic E-state index is 14.1. The average molecular weight is 515 g/mol. The van der Waals surface area contributed by atoms with Gasteiger partial charge in [0, 0.05) is 36.5 Å². The molecule has 11 heteroatoms. The zero-order chi connectivity index (χ0) is 25.9. The summed E-state index contributed by atoms with van der Waals surface area (Å²) in [4.78, 5) is 42.3. The van der Waals surface area contributed by atoms with Crippen molar-refractivity contribution in [2.45, 2.75) is 44.8 Å². The van der Waals surface area contributed by atoms with E-state index in [9.17, 15) is 14.7 Å². The van der Waals surface area contributed by atoms with E-state index in [0.29, 0.717) is 36.6 Å². The van der Waals surface area contributed by atoms with Gasteiger partial charge in [0.25, 0.3) is 5.91 Å². The van der Waals surface area contributed by atoms with Crippen molar-refractivity contribution in [1.29, 1.82) is 0 Å². The van der Waals surface area contributed by atoms with Gasteiger partial charge < -0.3 is 29.9 Å². The number of aliphatic hydroxyl groups is 1. The van der Waals surface area contributed by atoms with Crippen LogP contribution < -0.4 is 15.1 Å². The number of hydrogen-bond donors (Lipinski definition) is 3. The van der Waals surface area contributed by atoms with Crippen molar-refractivity contribution >= 4 is 46.1 Å². The van der Waals surface area contributed by atoms with Crippen LogP contribution >= 0.6 is 11.6 Å². The Bertz CT molecular complexity index is 1220. The molecular weight excluding hydrogens is 484 g/mol. The minimum absolute atomic E-state index is 0.0673. The normalized spacial score (nSPS) is 15.5. The number of aromatic nitrogens is 3. The van der Waals surface area contributed by atoms with Crippen LogP contribution in [0.15, 0.2) is 42.9 Å². The lowest BCUT2D eigenvalue weighted by molar-refractivity contribution is -0.126. The van der Waals surface area contributed by atoms with Crippen LogP contribution in [0.25, 0.3) is 11.0 Å². The van der Waals surface area contributed by atoms with E-state index >= 15 is 0 Å². The molecule has 2 aromatic heterocycles. The number of rotatable bonds is 6. The zero-order valence-corrected chi connectivity index (χ0v) is 21.4. The number of alkyl carbamates (subject to hydrolysis) is 1. The highest BCUT2D eigenvalue weighted by Gasteiger charge is 2.46. The number of aliphatic hydroxyl groups excluding tert-OH is 1. The lowest BCUT2D eigenvalue weighted by atomic mass is 9.85. The quantitative estimate of drug-likeness (QED) is 0.460. The molecule has 192 valence electrons. The Morgan fingerprint density at radius 2 is 1.89 bits per heavy atom. The van der Waals surface area contributed by atoms with Crippen molar-refractivity contribution in [3.05, 3.63) is 47.9 Å². The zero-order valence-electron chi connectivity index (χ0n) is 20.6. The second-order valence-corrected chi connectivity index (χ2v) is 10.2. The van der Waals surface area contributed by atoms with E-state index in [2.05, 4.69) is 25.2 Å². The number of halogens is 1. The Kier molecular flexibility index (Phi) is 7.37. The van der Waals surface area contributed by atoms with Crippen LogP contribution in [-0.4, -0.2) is 69.4 Å². The smallest absolute Gasteiger partial charge is 0.408 e. The maximum Gasteiger partial charge on any atom is 0.408 e. The summed E-state index contributed by atoms with van der Waals surface area (Å²) < 4.78 is 5.51. The van der Waals surface area contributed by atoms with Crippen LogP contribution in [0.4, 0.5) is 16.3 Å². The number of carbonyl (C=O) groups is 2. The lowest BCUT2D eigenvalue weighted by Crippen LogP contribution is -2.65. The molecule has 3 N–H and O–H groups in total. The van der Waals surface area contributed by atoms with Crippen molar-refractivity contribution in [2.75, 3.05) is 36.0 Å². The molecule has 0 radical (unpaired) electrons. The number of H-pyrrole nitrogens is 1. The molecule has 1 aliphatic heterocycles. The molecule has 36 heavy (non-hydrogen) atoms. The molecule has 0 spiro atoms. The van der Waals surface area contributed by atoms with E-state index in [0.717, 1.165) is 16.9 Å². The number of hydrogen-bond acceptors (Lipinski definition) is 7. The van der Waals surface area contributed by atoms with Crippen LogP contribution in [0.2, 0.25) is 5.02 Å². The van der Waals surface area contributed by atoms with Gasteiger partial charge in [0.15, 0.2) is 0 Å². The molecule has 0 unspecified atom stereocenters. The molecule has 0 atom stereocenters. The van der Waals surface area contributed by atoms with Gasteiger partial charge in [0.2, 0.25) is 0 Å². The number of fused-ring (bicyclic) bond motifs is 1. The Labute approximate surface area is 214 Å². The van der Waals surface area contributed by atoms with Crippen LogP contribution in [0.3, 0.4) is 0 Å². The van der Waals surface area contributed by atoms with Crippen LogP contribution in [-0.2, 0) is 9.53 Å². The van der Waals surface area contributed by atoms with E-state index in [1.807, 2.05) is 12.3 Å². The fourth-order valence-electron chi connectivity index (χ4n) is 4.43. The molecule has 4 rings (SSSR count). The number of carbonyl (C=O) groups excluding carboxylic acids is 2. The first-order valence-electron chi connectivity index (χ1n) is 11.8. The Morgan fingerprint density at radius 1 is 1.19 bits per heavy atom. The maximum absolute atomic E-state index is 14.1. The van der Waals surface area contributed by atoms with Crippen LogP contribution in [0.1, 0.15) is 33.6 Å². The van der Waals surface area contributed by atoms with Crippen molar-refractivity contribution in [1.82, 2.24) is 20.3 Å². The number of anilines is 2. The first-order chi connectivity index (χ1) is 17.1. The summed E-state index contributed by atoms with van der Waals surface area (Å²) in [6.07, 6.45) is 3.28. The number of amides is 2. The van der Waals surface area contributed by atoms with E-state index < -0.39 is 17.2 Å². The summed E-state index contributed by atoms with van der Waals surface area (Å²) in [5, 5.41) is 14.0. The molecule has 3 aromatic rings. The Hall–Kier alpha value is -3.37. The summed E-state index contributed by atoms with van der Waals surface area (Å²) in [7, 11) is 0. The van der Waals surface area contributed by atoms with Gasteiger partial charge in [0.05, 0.1) is 12.0 Å². The van der Waals surface area contributed by atoms with Gasteiger partial charge >= 0.3 is 6.09 Å². The largest absolute Gasteiger partial charge is 0.444 e. The van der Waals surface area contributed by atoms with Crippen molar-refractivity contribution in [3.8, 4) is 0 Å². The van der Waals surface area contributed by atoms with Gasteiger partial charge in [-0.05, 0) is 63.9 Å². The third-order valence-corrected chi connectivity index (χ3v) is 6.36. The predicted octanol–water partition coefficient (Wildman–Crippen LogP) is 3.50. The monoisotopic (exact) mass is 514 g/mol. The van der Waals surface area contributed by atoms with Gasteiger partial charge in [-0.2, -0.15) is 0 Å². The van der Waals surface area contributed by atoms with Gasteiger partial charge in [-0.15, -0.1) is 0 Å². The SMILES string of the molecule is CC(C)(C)OC(=O)NC1(C(=O)N(CCO)c2ccc(Cl)cc2)CCN(c2ncnc3[nH]ccc23)CC1. The summed E-state index contributed by atoms with van der Waals surface area (Å²) in [5.74, 6) is 0.448. The van der Waals surface area contributed by atoms with Crippen LogP contribution in [0.5, 0.6) is 0 Å². The number of benzene rings is 1. The Morgan fingerprint density at radius 3 is 2.53 bits per heavy atom. The Balaban J connectivity index is 1.64. The minimum Gasteiger partial charge on any atom is -0.444 e. The van der Waals surface area contributed by atoms with Gasteiger partial charge in [-0.1, -0.05) is 11.6 Å². The second kappa shape index (κ2) is 10.3. The van der Waals surface area contributed by atoms with E-state index in [1.165, 1.54) is 11.2 Å². The molecule has 0 aliphatic carbocycles. The number of nitrogens with zero attached hydrogens (tertiary/aromatic N) is 4. The predicted molar refractivity (Wildman–Crippen MR) is 138 cm³/mol. The number of aromatic amines is 1. The summed E-state index contributed by atoms with van der Waals surface area (Å²) in [5.41, 5.74) is -0.651. The minimum atomic E-state index is -1.24. The average Bonchev–Trinajstić information content (AvgIpc) is 3.31. The van der Waals surface area contributed by atoms with Crippen LogP contribution in [0, 0.1) is 0 Å². The molecule has 2 amide bonds. The molecule has 1 aliphatic rings. The van der Waals surface area contributed by atoms with Gasteiger partial charge in [-0.25, -0.2) is 14.8 Å². The highest BCUT2D eigenvalue weighted by Crippen LogP contribution is 2.32. The number of ether oxygens (including phenoxy) is 1. The van der Waals surface area contributed by atoms with E-state index in [-0.39, 0.29) is 19.1 Å². The molecule has 3 heterocycles. The van der Waals surface area contributed by atoms with Gasteiger partial charge in [0.1, 0.15) is 28.9 Å². The molecule has 10 nitrogen and oxygen atoms in total. The van der Waals surface area contributed by atoms with E-state index in [1.54, 1.807) is 45.0 Å². The lowest BCUT2D eigenvalue weighted by Gasteiger charge is -2.43. The molecule has 0 bridgehead atoms. The van der Waals surface area contributed by atoms with E-state index in [4.69, 9.17) is 16.3 Å². The summed E-state index contributed by atoms with van der Waals surface area (Å²) in [6.45, 7) is 6.07. The fourth-order valence-corrected chi connectivity index (χ4v) is 4.56. The topological polar surface area (TPSA) is 124 Å². The number of piperidine rings is 1. The van der Waals surface area contributed by atoms with Crippen molar-refractivity contribution < 1.29 is 19.4 Å². The highest BCUT2D eigenvalue weighted by atomic mass is 35.5. The summed E-state index contributed by atoms with van der Waals surface area (Å²) in [6, 6.07) is 8.72. The first-order valence-corrected chi connectivity index (χ1v) is 12.2. The number of nitrogens with one attached hydrogen (secondary N) is 2. The molecule has 1 aromatic carbocycles. The fraction of sp³-hybridized carbons (Fsp3) is 0.440. The summed E-state index contributed by atoms with van der Waals surface area (Å²) >= 11 is 6.04. The second-order valence-electron chi connectivity index (χ2n) is 9.79. The van der Waals surface area contributed by atoms with Crippen molar-refractivity contribution in [3.63, 3.8) is 0 Å². The van der Waals surface area contributed by atoms with Crippen molar-refractivity contribution in [2.24, 2.45) is 0 Å². The molecule has 1 saturated heterocycles. The molecular formula is C25H31ClN6O4. The first kappa shape index (κ1) is 25.7. The third kappa shape index (κ3) is 5.55. The highest BCUT2D eigenvalue weighted by molar-refractivity contribution is 6.30. The molecule has 0 saturated carbocycles. The standard InChI is InChI=1S/C25H31ClN6O4/c1-24(2,3)36-23(35)30-25(22(34)32(14-15-33)18-6-4-17(26)5-7-18)9-12-31(13-10-25)21-19-8-11-27-20(19)28-16-29-21/h4-8,11,16,33H,9-10,12-15H2,1-3H3,(H,30,35)(H,27,28,29). The van der Waals surface area contributed by atoms with Gasteiger partial charge in [-0.3, -0.25) is 4.79 Å². The molecule has 1 fully saturated rings. The third-order valence-electron chi connectivity index (χ3n) is 6.11.